The van der Waals surface area contributed by atoms with Gasteiger partial charge in [-0.1, -0.05) is 13.0 Å². The Balaban J connectivity index is 2.34. The minimum atomic E-state index is -1.91. The van der Waals surface area contributed by atoms with Crippen LogP contribution < -0.4 is 11.1 Å². The molecule has 2 amide bonds. The minimum Gasteiger partial charge on any atom is -0.370 e. The summed E-state index contributed by atoms with van der Waals surface area (Å²) >= 11 is 0. The van der Waals surface area contributed by atoms with Gasteiger partial charge < -0.3 is 11.1 Å². The summed E-state index contributed by atoms with van der Waals surface area (Å²) in [6, 6.07) is 2.70. The van der Waals surface area contributed by atoms with Gasteiger partial charge >= 0.3 is 0 Å². The quantitative estimate of drug-likeness (QED) is 0.693. The number of hydrogen-bond acceptors (Lipinski definition) is 6. The Morgan fingerprint density at radius 2 is 2.19 bits per heavy atom. The first-order valence-electron chi connectivity index (χ1n) is 8.98. The Bertz CT molecular complexity index is 740. The molecule has 0 radical (unpaired) electrons. The molecule has 2 heterocycles. The highest BCUT2D eigenvalue weighted by atomic mass is 32.2. The van der Waals surface area contributed by atoms with Gasteiger partial charge in [0.05, 0.1) is 6.54 Å². The fourth-order valence-electron chi connectivity index (χ4n) is 3.09. The predicted octanol–water partition coefficient (Wildman–Crippen LogP) is 0.464. The van der Waals surface area contributed by atoms with Gasteiger partial charge in [-0.15, -0.1) is 0 Å². The molecule has 8 nitrogen and oxygen atoms in total. The molecule has 1 aliphatic rings. The number of rotatable bonds is 7. The van der Waals surface area contributed by atoms with Crippen molar-refractivity contribution >= 4 is 28.6 Å². The number of amides is 2. The molecular weight excluding hydrogens is 368 g/mol. The van der Waals surface area contributed by atoms with Crippen molar-refractivity contribution in [3.05, 3.63) is 23.9 Å². The average Bonchev–Trinajstić information content (AvgIpc) is 2.79. The second-order valence-corrected chi connectivity index (χ2v) is 8.15. The summed E-state index contributed by atoms with van der Waals surface area (Å²) in [4.78, 5) is 40.8. The van der Waals surface area contributed by atoms with Crippen molar-refractivity contribution < 1.29 is 18.6 Å². The Morgan fingerprint density at radius 3 is 2.85 bits per heavy atom. The molecule has 1 aliphatic heterocycles. The maximum Gasteiger partial charge on any atom is 0.235 e. The summed E-state index contributed by atoms with van der Waals surface area (Å²) in [5.41, 5.74) is 5.88. The van der Waals surface area contributed by atoms with E-state index in [-0.39, 0.29) is 36.1 Å². The molecule has 1 saturated heterocycles. The van der Waals surface area contributed by atoms with Gasteiger partial charge in [0.25, 0.3) is 0 Å². The lowest BCUT2D eigenvalue weighted by Crippen LogP contribution is -2.48. The molecule has 0 spiro atoms. The molecule has 2 rings (SSSR count). The van der Waals surface area contributed by atoms with Crippen LogP contribution in [0.3, 0.4) is 0 Å². The molecule has 3 atom stereocenters. The van der Waals surface area contributed by atoms with E-state index in [1.807, 2.05) is 0 Å². The molecule has 0 aliphatic carbocycles. The van der Waals surface area contributed by atoms with Crippen molar-refractivity contribution in [2.24, 2.45) is 11.7 Å². The van der Waals surface area contributed by atoms with Crippen LogP contribution in [0.15, 0.2) is 23.4 Å². The predicted molar refractivity (Wildman–Crippen MR) is 101 cm³/mol. The lowest BCUT2D eigenvalue weighted by atomic mass is 10.0. The van der Waals surface area contributed by atoms with E-state index < -0.39 is 28.8 Å². The van der Waals surface area contributed by atoms with Crippen LogP contribution in [0.2, 0.25) is 0 Å². The van der Waals surface area contributed by atoms with E-state index in [1.165, 1.54) is 6.20 Å². The Kier molecular flexibility index (Phi) is 7.61. The summed E-state index contributed by atoms with van der Waals surface area (Å²) in [6.07, 6.45) is 2.66. The number of primary amides is 1. The molecule has 0 saturated carbocycles. The molecule has 1 aromatic heterocycles. The van der Waals surface area contributed by atoms with E-state index in [0.29, 0.717) is 24.9 Å². The highest BCUT2D eigenvalue weighted by Crippen LogP contribution is 2.22. The van der Waals surface area contributed by atoms with Crippen LogP contribution >= 0.6 is 0 Å². The molecule has 3 N–H and O–H groups in total. The van der Waals surface area contributed by atoms with Gasteiger partial charge in [-0.05, 0) is 43.9 Å². The summed E-state index contributed by atoms with van der Waals surface area (Å²) in [5, 5.41) is 3.28. The molecular formula is C18H26N4O4S. The van der Waals surface area contributed by atoms with E-state index in [2.05, 4.69) is 10.3 Å². The maximum absolute atomic E-state index is 13.3. The second-order valence-electron chi connectivity index (χ2n) is 6.87. The second kappa shape index (κ2) is 9.70. The zero-order valence-corrected chi connectivity index (χ0v) is 16.5. The number of ketones is 1. The molecule has 1 aromatic rings. The van der Waals surface area contributed by atoms with Gasteiger partial charge in [0.2, 0.25) is 11.8 Å². The number of nitrogens with two attached hydrogens (primary N) is 1. The van der Waals surface area contributed by atoms with Crippen molar-refractivity contribution in [3.63, 3.8) is 0 Å². The van der Waals surface area contributed by atoms with Gasteiger partial charge in [0, 0.05) is 19.0 Å². The largest absolute Gasteiger partial charge is 0.370 e. The Labute approximate surface area is 161 Å². The van der Waals surface area contributed by atoms with Crippen LogP contribution in [-0.4, -0.2) is 50.2 Å². The van der Waals surface area contributed by atoms with Crippen molar-refractivity contribution in [3.8, 4) is 0 Å². The molecule has 1 fully saturated rings. The third-order valence-electron chi connectivity index (χ3n) is 4.41. The number of nitrogens with one attached hydrogen (secondary N) is 1. The van der Waals surface area contributed by atoms with E-state index in [1.54, 1.807) is 26.0 Å². The SMILES string of the molecule is Cc1cccnc1S(=O)N(C(=O)C[C@@H](C)CC(N)=O)C1CCCNCC1=O. The lowest BCUT2D eigenvalue weighted by molar-refractivity contribution is -0.134. The van der Waals surface area contributed by atoms with Gasteiger partial charge in [0.1, 0.15) is 6.04 Å². The average molecular weight is 394 g/mol. The maximum atomic E-state index is 13.3. The fourth-order valence-corrected chi connectivity index (χ4v) is 4.49. The molecule has 9 heteroatoms. The van der Waals surface area contributed by atoms with E-state index in [0.717, 1.165) is 4.31 Å². The van der Waals surface area contributed by atoms with Crippen LogP contribution in [0.5, 0.6) is 0 Å². The smallest absolute Gasteiger partial charge is 0.235 e. The van der Waals surface area contributed by atoms with Crippen LogP contribution in [0.25, 0.3) is 0 Å². The number of aromatic nitrogens is 1. The number of nitrogens with zero attached hydrogens (tertiary/aromatic N) is 2. The topological polar surface area (TPSA) is 122 Å². The van der Waals surface area contributed by atoms with E-state index in [4.69, 9.17) is 5.73 Å². The van der Waals surface area contributed by atoms with Gasteiger partial charge in [0.15, 0.2) is 21.8 Å². The van der Waals surface area contributed by atoms with Gasteiger partial charge in [-0.3, -0.25) is 14.4 Å². The summed E-state index contributed by atoms with van der Waals surface area (Å²) < 4.78 is 14.4. The normalized spacial score (nSPS) is 19.8. The number of Topliss-reactive ketones (excluding diaryl/α,β-unsaturated/α-hetero) is 1. The number of hydrogen-bond donors (Lipinski definition) is 2. The number of aryl methyl sites for hydroxylation is 1. The zero-order valence-electron chi connectivity index (χ0n) is 15.6. The van der Waals surface area contributed by atoms with E-state index >= 15 is 0 Å². The molecule has 2 unspecified atom stereocenters. The standard InChI is InChI=1S/C18H26N4O4S/c1-12(9-16(19)24)10-17(25)22(14-6-4-7-20-11-15(14)23)27(26)18-13(2)5-3-8-21-18/h3,5,8,12,14,20H,4,6-7,9-11H2,1-2H3,(H2,19,24)/t12-,14?,27?/m0/s1. The highest BCUT2D eigenvalue weighted by molar-refractivity contribution is 7.83. The van der Waals surface area contributed by atoms with Crippen LogP contribution in [0.1, 0.15) is 38.2 Å². The summed E-state index contributed by atoms with van der Waals surface area (Å²) in [7, 11) is -1.91. The van der Waals surface area contributed by atoms with Crippen LogP contribution in [0, 0.1) is 12.8 Å². The van der Waals surface area contributed by atoms with Crippen molar-refractivity contribution in [2.45, 2.75) is 50.6 Å². The minimum absolute atomic E-state index is 0.0161. The molecule has 0 aromatic carbocycles. The molecule has 148 valence electrons. The van der Waals surface area contributed by atoms with Crippen LogP contribution in [0.4, 0.5) is 0 Å². The molecule has 27 heavy (non-hydrogen) atoms. The number of pyridine rings is 1. The summed E-state index contributed by atoms with van der Waals surface area (Å²) in [5.74, 6) is -1.42. The summed E-state index contributed by atoms with van der Waals surface area (Å²) in [6.45, 7) is 4.28. The van der Waals surface area contributed by atoms with E-state index in [9.17, 15) is 18.6 Å². The van der Waals surface area contributed by atoms with Crippen LogP contribution in [-0.2, 0) is 25.4 Å². The lowest BCUT2D eigenvalue weighted by Gasteiger charge is -2.29. The first-order chi connectivity index (χ1) is 12.8. The Morgan fingerprint density at radius 1 is 1.44 bits per heavy atom. The number of carbonyl (C=O) groups is 3. The first-order valence-corrected chi connectivity index (χ1v) is 10.1. The fraction of sp³-hybridized carbons (Fsp3) is 0.556. The molecule has 0 bridgehead atoms. The zero-order chi connectivity index (χ0) is 20.0. The third kappa shape index (κ3) is 5.67. The van der Waals surface area contributed by atoms with Crippen molar-refractivity contribution in [2.75, 3.05) is 13.1 Å². The van der Waals surface area contributed by atoms with Crippen molar-refractivity contribution in [1.29, 1.82) is 0 Å². The first kappa shape index (κ1) is 21.2. The Hall–Kier alpha value is -2.13. The van der Waals surface area contributed by atoms with Gasteiger partial charge in [-0.2, -0.15) is 0 Å². The highest BCUT2D eigenvalue weighted by Gasteiger charge is 2.36. The monoisotopic (exact) mass is 394 g/mol. The van der Waals surface area contributed by atoms with Crippen molar-refractivity contribution in [1.82, 2.24) is 14.6 Å². The number of carbonyl (C=O) groups excluding carboxylic acids is 3. The van der Waals surface area contributed by atoms with Gasteiger partial charge in [-0.25, -0.2) is 13.5 Å². The third-order valence-corrected chi connectivity index (χ3v) is 5.98.